The summed E-state index contributed by atoms with van der Waals surface area (Å²) in [6.45, 7) is 0. The van der Waals surface area contributed by atoms with E-state index >= 15 is 0 Å². The van der Waals surface area contributed by atoms with Crippen molar-refractivity contribution in [1.82, 2.24) is 10.4 Å². The summed E-state index contributed by atoms with van der Waals surface area (Å²) in [7, 11) is 0.707. The average molecular weight is 185 g/mol. The van der Waals surface area contributed by atoms with Gasteiger partial charge in [0.2, 0.25) is 0 Å². The zero-order valence-corrected chi connectivity index (χ0v) is 5.81. The van der Waals surface area contributed by atoms with Crippen molar-refractivity contribution in [1.29, 1.82) is 0 Å². The molecule has 0 spiro atoms. The largest absolute Gasteiger partial charge is 0.529 e. The van der Waals surface area contributed by atoms with E-state index in [0.29, 0.717) is 7.05 Å². The summed E-state index contributed by atoms with van der Waals surface area (Å²) in [5.41, 5.74) is 1.03. The minimum Gasteiger partial charge on any atom is -0.529 e. The quantitative estimate of drug-likeness (QED) is 0.484. The highest BCUT2D eigenvalue weighted by atomic mass is 19.4. The highest BCUT2D eigenvalue weighted by Gasteiger charge is 2.39. The Hall–Kier alpha value is -1.47. The SMILES string of the molecule is CN(NC(=O)C(F)(F)F)C(=O)[O-]. The van der Waals surface area contributed by atoms with Crippen LogP contribution >= 0.6 is 0 Å². The molecule has 12 heavy (non-hydrogen) atoms. The van der Waals surface area contributed by atoms with Crippen LogP contribution in [0, 0.1) is 0 Å². The van der Waals surface area contributed by atoms with Gasteiger partial charge < -0.3 is 9.90 Å². The third-order valence-electron chi connectivity index (χ3n) is 0.801. The smallest absolute Gasteiger partial charge is 0.472 e. The Morgan fingerprint density at radius 1 is 1.42 bits per heavy atom. The normalized spacial score (nSPS) is 10.7. The highest BCUT2D eigenvalue weighted by molar-refractivity contribution is 5.82. The second kappa shape index (κ2) is 3.28. The first-order chi connectivity index (χ1) is 5.25. The molecule has 0 aliphatic carbocycles. The van der Waals surface area contributed by atoms with E-state index in [1.54, 1.807) is 0 Å². The molecule has 1 N–H and O–H groups in total. The van der Waals surface area contributed by atoms with Crippen LogP contribution in [0.3, 0.4) is 0 Å². The number of hydrogen-bond acceptors (Lipinski definition) is 3. The summed E-state index contributed by atoms with van der Waals surface area (Å²) < 4.78 is 34.3. The molecular formula is C4H4F3N2O3-. The summed E-state index contributed by atoms with van der Waals surface area (Å²) in [6.07, 6.45) is -7.04. The van der Waals surface area contributed by atoms with E-state index in [9.17, 15) is 27.9 Å². The number of carboxylic acid groups (broad SMARTS) is 1. The van der Waals surface area contributed by atoms with Gasteiger partial charge in [-0.1, -0.05) is 0 Å². The van der Waals surface area contributed by atoms with E-state index in [4.69, 9.17) is 0 Å². The molecule has 0 saturated carbocycles. The van der Waals surface area contributed by atoms with Crippen LogP contribution in [0.1, 0.15) is 0 Å². The number of hydrazine groups is 1. The maximum absolute atomic E-state index is 11.4. The van der Waals surface area contributed by atoms with Crippen LogP contribution in [-0.2, 0) is 4.79 Å². The molecule has 0 aromatic heterocycles. The van der Waals surface area contributed by atoms with Crippen molar-refractivity contribution >= 4 is 12.0 Å². The van der Waals surface area contributed by atoms with Crippen molar-refractivity contribution in [3.05, 3.63) is 0 Å². The zero-order valence-electron chi connectivity index (χ0n) is 5.81. The molecule has 0 saturated heterocycles. The van der Waals surface area contributed by atoms with Gasteiger partial charge in [-0.25, -0.2) is 0 Å². The lowest BCUT2D eigenvalue weighted by atomic mass is 10.6. The molecule has 0 radical (unpaired) electrons. The molecule has 0 heterocycles. The van der Waals surface area contributed by atoms with Gasteiger partial charge in [0.05, 0.1) is 0 Å². The van der Waals surface area contributed by atoms with Crippen molar-refractivity contribution in [3.8, 4) is 0 Å². The van der Waals surface area contributed by atoms with E-state index in [1.165, 1.54) is 0 Å². The first-order valence-electron chi connectivity index (χ1n) is 2.57. The molecule has 0 aromatic carbocycles. The van der Waals surface area contributed by atoms with Crippen LogP contribution in [0.5, 0.6) is 0 Å². The van der Waals surface area contributed by atoms with Gasteiger partial charge in [0.25, 0.3) is 0 Å². The van der Waals surface area contributed by atoms with Gasteiger partial charge in [-0.2, -0.15) is 13.2 Å². The van der Waals surface area contributed by atoms with Gasteiger partial charge in [-0.3, -0.25) is 15.2 Å². The van der Waals surface area contributed by atoms with Crippen LogP contribution in [0.25, 0.3) is 0 Å². The second-order valence-electron chi connectivity index (χ2n) is 1.76. The molecule has 0 rings (SSSR count). The number of amides is 2. The number of nitrogens with one attached hydrogen (secondary N) is 1. The lowest BCUT2D eigenvalue weighted by molar-refractivity contribution is -0.268. The predicted octanol–water partition coefficient (Wildman–Crippen LogP) is -1.15. The van der Waals surface area contributed by atoms with Crippen LogP contribution in [-0.4, -0.2) is 30.2 Å². The van der Waals surface area contributed by atoms with Crippen molar-refractivity contribution in [3.63, 3.8) is 0 Å². The number of halogens is 3. The van der Waals surface area contributed by atoms with E-state index in [1.807, 2.05) is 0 Å². The summed E-state index contributed by atoms with van der Waals surface area (Å²) in [4.78, 5) is 19.8. The third kappa shape index (κ3) is 3.08. The molecule has 0 bridgehead atoms. The molecule has 0 unspecified atom stereocenters. The lowest BCUT2D eigenvalue weighted by Gasteiger charge is -2.20. The number of hydrogen-bond donors (Lipinski definition) is 1. The fraction of sp³-hybridized carbons (Fsp3) is 0.500. The maximum Gasteiger partial charge on any atom is 0.472 e. The van der Waals surface area contributed by atoms with Gasteiger partial charge in [-0.05, 0) is 0 Å². The molecular weight excluding hydrogens is 181 g/mol. The second-order valence-corrected chi connectivity index (χ2v) is 1.76. The van der Waals surface area contributed by atoms with Gasteiger partial charge in [0.1, 0.15) is 0 Å². The molecule has 0 aliphatic rings. The van der Waals surface area contributed by atoms with Gasteiger partial charge >= 0.3 is 12.1 Å². The molecule has 5 nitrogen and oxygen atoms in total. The van der Waals surface area contributed by atoms with Crippen LogP contribution in [0.4, 0.5) is 18.0 Å². The first-order valence-corrected chi connectivity index (χ1v) is 2.57. The zero-order chi connectivity index (χ0) is 9.94. The number of carbonyl (C=O) groups excluding carboxylic acids is 2. The monoisotopic (exact) mass is 185 g/mol. The summed E-state index contributed by atoms with van der Waals surface area (Å²) in [5, 5.41) is 9.69. The Morgan fingerprint density at radius 3 is 2.08 bits per heavy atom. The number of alkyl halides is 3. The predicted molar refractivity (Wildman–Crippen MR) is 27.4 cm³/mol. The van der Waals surface area contributed by atoms with Crippen molar-refractivity contribution < 1.29 is 27.9 Å². The number of rotatable bonds is 0. The fourth-order valence-electron chi connectivity index (χ4n) is 0.261. The molecule has 0 aromatic rings. The number of carbonyl (C=O) groups is 2. The van der Waals surface area contributed by atoms with Crippen molar-refractivity contribution in [2.24, 2.45) is 0 Å². The van der Waals surface area contributed by atoms with E-state index < -0.39 is 18.2 Å². The molecule has 0 atom stereocenters. The Labute approximate surface area is 64.7 Å². The van der Waals surface area contributed by atoms with Gasteiger partial charge in [0, 0.05) is 7.05 Å². The topological polar surface area (TPSA) is 72.5 Å². The molecule has 2 amide bonds. The van der Waals surface area contributed by atoms with Crippen molar-refractivity contribution in [2.75, 3.05) is 7.05 Å². The van der Waals surface area contributed by atoms with E-state index in [-0.39, 0.29) is 5.01 Å². The Kier molecular flexibility index (Phi) is 2.88. The van der Waals surface area contributed by atoms with Crippen LogP contribution in [0.2, 0.25) is 0 Å². The standard InChI is InChI=1S/C4H5F3N2O3/c1-9(3(11)12)8-2(10)4(5,6)7/h1H3,(H,8,10)(H,11,12)/p-1. The third-order valence-corrected chi connectivity index (χ3v) is 0.801. The van der Waals surface area contributed by atoms with E-state index in [0.717, 1.165) is 5.43 Å². The van der Waals surface area contributed by atoms with E-state index in [2.05, 4.69) is 0 Å². The first kappa shape index (κ1) is 10.5. The molecule has 8 heteroatoms. The minimum atomic E-state index is -5.11. The molecule has 0 aliphatic heterocycles. The van der Waals surface area contributed by atoms with Crippen LogP contribution in [0.15, 0.2) is 0 Å². The average Bonchev–Trinajstić information content (AvgIpc) is 1.85. The molecule has 0 fully saturated rings. The maximum atomic E-state index is 11.4. The lowest BCUT2D eigenvalue weighted by Crippen LogP contribution is -2.52. The van der Waals surface area contributed by atoms with Gasteiger partial charge in [-0.15, -0.1) is 0 Å². The summed E-state index contributed by atoms with van der Waals surface area (Å²) >= 11 is 0. The Balaban J connectivity index is 4.11. The summed E-state index contributed by atoms with van der Waals surface area (Å²) in [5.74, 6) is -2.37. The summed E-state index contributed by atoms with van der Waals surface area (Å²) in [6, 6.07) is 0. The minimum absolute atomic E-state index is 0.101. The molecule has 70 valence electrons. The highest BCUT2D eigenvalue weighted by Crippen LogP contribution is 2.13. The van der Waals surface area contributed by atoms with Crippen molar-refractivity contribution in [2.45, 2.75) is 6.18 Å². The van der Waals surface area contributed by atoms with Gasteiger partial charge in [0.15, 0.2) is 6.09 Å². The fourth-order valence-corrected chi connectivity index (χ4v) is 0.261. The van der Waals surface area contributed by atoms with Crippen LogP contribution < -0.4 is 10.5 Å². The Morgan fingerprint density at radius 2 is 1.83 bits per heavy atom. The Bertz CT molecular complexity index is 202. The number of nitrogens with zero attached hydrogens (tertiary/aromatic N) is 1.